The van der Waals surface area contributed by atoms with Crippen LogP contribution in [-0.2, 0) is 28.2 Å². The molecule has 1 unspecified atom stereocenters. The fraction of sp³-hybridized carbons (Fsp3) is 0.458. The Morgan fingerprint density at radius 2 is 1.87 bits per heavy atom. The lowest BCUT2D eigenvalue weighted by atomic mass is 9.84. The molecule has 2 aliphatic heterocycles. The van der Waals surface area contributed by atoms with Gasteiger partial charge in [0.15, 0.2) is 0 Å². The quantitative estimate of drug-likeness (QED) is 0.659. The van der Waals surface area contributed by atoms with Crippen LogP contribution in [0.3, 0.4) is 0 Å². The van der Waals surface area contributed by atoms with Crippen LogP contribution in [-0.4, -0.2) is 47.8 Å². The molecule has 2 aromatic carbocycles. The molecule has 31 heavy (non-hydrogen) atoms. The molecule has 0 saturated carbocycles. The van der Waals surface area contributed by atoms with Gasteiger partial charge >= 0.3 is 0 Å². The molecule has 7 heteroatoms. The number of carbonyl (C=O) groups is 1. The van der Waals surface area contributed by atoms with Gasteiger partial charge in [0.2, 0.25) is 5.91 Å². The lowest BCUT2D eigenvalue weighted by molar-refractivity contribution is -0.116. The number of rotatable bonds is 6. The largest absolute Gasteiger partial charge is 0.387 e. The van der Waals surface area contributed by atoms with Gasteiger partial charge in [-0.25, -0.2) is 4.39 Å². The van der Waals surface area contributed by atoms with E-state index >= 15 is 0 Å². The number of hydrogen-bond acceptors (Lipinski definition) is 5. The third kappa shape index (κ3) is 4.65. The number of carbonyl (C=O) groups excluding carboxylic acids is 1. The van der Waals surface area contributed by atoms with Crippen molar-refractivity contribution in [3.05, 3.63) is 64.5 Å². The number of aliphatic hydroxyl groups excluding tert-OH is 1. The number of likely N-dealkylation sites (tertiary alicyclic amines) is 1. The number of nitrogens with one attached hydrogen (secondary N) is 1. The van der Waals surface area contributed by atoms with Crippen LogP contribution in [0.25, 0.3) is 0 Å². The minimum Gasteiger partial charge on any atom is -0.387 e. The van der Waals surface area contributed by atoms with Crippen molar-refractivity contribution in [1.82, 2.24) is 4.90 Å². The van der Waals surface area contributed by atoms with Crippen molar-refractivity contribution in [1.29, 1.82) is 0 Å². The summed E-state index contributed by atoms with van der Waals surface area (Å²) in [6.45, 7) is 2.05. The molecular formula is C24H29FN2O4. The van der Waals surface area contributed by atoms with Gasteiger partial charge in [-0.15, -0.1) is 0 Å². The SMILES string of the molecule is COCc1ccc(C2(O)CCN(CC(O)c3ccc4c(c3F)CCC(=O)N4)CC2)cc1. The Morgan fingerprint density at radius 1 is 1.16 bits per heavy atom. The highest BCUT2D eigenvalue weighted by molar-refractivity contribution is 5.94. The summed E-state index contributed by atoms with van der Waals surface area (Å²) in [4.78, 5) is 13.6. The molecule has 166 valence electrons. The number of nitrogens with zero attached hydrogens (tertiary/aromatic N) is 1. The lowest BCUT2D eigenvalue weighted by Gasteiger charge is -2.39. The molecule has 2 heterocycles. The minimum atomic E-state index is -0.970. The third-order valence-electron chi connectivity index (χ3n) is 6.42. The number of piperidine rings is 1. The molecule has 6 nitrogen and oxygen atoms in total. The van der Waals surface area contributed by atoms with Crippen LogP contribution in [0.15, 0.2) is 36.4 Å². The summed E-state index contributed by atoms with van der Waals surface area (Å²) in [6, 6.07) is 11.0. The van der Waals surface area contributed by atoms with E-state index in [1.54, 1.807) is 19.2 Å². The number of benzene rings is 2. The van der Waals surface area contributed by atoms with Crippen molar-refractivity contribution < 1.29 is 24.1 Å². The van der Waals surface area contributed by atoms with E-state index in [-0.39, 0.29) is 17.9 Å². The standard InChI is InChI=1S/C24H29FN2O4/c1-31-15-16-2-4-17(5-3-16)24(30)10-12-27(13-11-24)14-21(28)19-6-8-20-18(23(19)25)7-9-22(29)26-20/h2-6,8,21,28,30H,7,9-15H2,1H3,(H,26,29). The predicted octanol–water partition coefficient (Wildman–Crippen LogP) is 2.87. The van der Waals surface area contributed by atoms with Crippen molar-refractivity contribution in [2.45, 2.75) is 44.0 Å². The third-order valence-corrected chi connectivity index (χ3v) is 6.42. The Kier molecular flexibility index (Phi) is 6.39. The summed E-state index contributed by atoms with van der Waals surface area (Å²) in [7, 11) is 1.65. The zero-order valence-electron chi connectivity index (χ0n) is 17.7. The second-order valence-corrected chi connectivity index (χ2v) is 8.52. The number of hydrogen-bond donors (Lipinski definition) is 3. The van der Waals surface area contributed by atoms with Crippen molar-refractivity contribution in [3.63, 3.8) is 0 Å². The first-order chi connectivity index (χ1) is 14.9. The molecule has 0 radical (unpaired) electrons. The van der Waals surface area contributed by atoms with E-state index in [2.05, 4.69) is 10.2 Å². The Bertz CT molecular complexity index is 939. The zero-order chi connectivity index (χ0) is 22.0. The molecule has 1 fully saturated rings. The Balaban J connectivity index is 1.38. The van der Waals surface area contributed by atoms with E-state index < -0.39 is 17.5 Å². The highest BCUT2D eigenvalue weighted by atomic mass is 19.1. The van der Waals surface area contributed by atoms with Crippen LogP contribution in [0.4, 0.5) is 10.1 Å². The summed E-state index contributed by atoms with van der Waals surface area (Å²) in [5.41, 5.74) is 2.25. The minimum absolute atomic E-state index is 0.116. The number of anilines is 1. The first kappa shape index (κ1) is 21.9. The average molecular weight is 429 g/mol. The van der Waals surface area contributed by atoms with Crippen LogP contribution in [0.2, 0.25) is 0 Å². The molecule has 0 spiro atoms. The van der Waals surface area contributed by atoms with Crippen LogP contribution in [0.5, 0.6) is 0 Å². The Labute approximate surface area is 181 Å². The monoisotopic (exact) mass is 428 g/mol. The van der Waals surface area contributed by atoms with Gasteiger partial charge in [0.05, 0.1) is 18.3 Å². The maximum atomic E-state index is 14.9. The van der Waals surface area contributed by atoms with Crippen molar-refractivity contribution in [2.24, 2.45) is 0 Å². The molecular weight excluding hydrogens is 399 g/mol. The molecule has 2 aliphatic rings. The number of methoxy groups -OCH3 is 1. The van der Waals surface area contributed by atoms with Gasteiger partial charge in [-0.1, -0.05) is 30.3 Å². The van der Waals surface area contributed by atoms with Gasteiger partial charge in [0, 0.05) is 50.0 Å². The van der Waals surface area contributed by atoms with E-state index in [1.807, 2.05) is 24.3 Å². The molecule has 0 bridgehead atoms. The topological polar surface area (TPSA) is 82.0 Å². The van der Waals surface area contributed by atoms with Gasteiger partial charge in [0.25, 0.3) is 0 Å². The number of amides is 1. The summed E-state index contributed by atoms with van der Waals surface area (Å²) < 4.78 is 20.1. The van der Waals surface area contributed by atoms with E-state index in [9.17, 15) is 19.4 Å². The van der Waals surface area contributed by atoms with Crippen LogP contribution in [0, 0.1) is 5.82 Å². The molecule has 2 aromatic rings. The number of halogens is 1. The van der Waals surface area contributed by atoms with Gasteiger partial charge in [-0.05, 0) is 36.5 Å². The summed E-state index contributed by atoms with van der Waals surface area (Å²) in [5.74, 6) is -0.552. The van der Waals surface area contributed by atoms with Crippen molar-refractivity contribution in [3.8, 4) is 0 Å². The summed E-state index contributed by atoms with van der Waals surface area (Å²) in [6.07, 6.45) is 0.709. The zero-order valence-corrected chi connectivity index (χ0v) is 17.7. The lowest BCUT2D eigenvalue weighted by Crippen LogP contribution is -2.44. The molecule has 4 rings (SSSR count). The second-order valence-electron chi connectivity index (χ2n) is 8.52. The first-order valence-electron chi connectivity index (χ1n) is 10.7. The molecule has 1 amide bonds. The highest BCUT2D eigenvalue weighted by Gasteiger charge is 2.35. The molecule has 0 aliphatic carbocycles. The van der Waals surface area contributed by atoms with Gasteiger partial charge in [0.1, 0.15) is 5.82 Å². The number of β-amino-alcohol motifs (C(OH)–C–C–N with tert-alkyl or cyclic N) is 1. The van der Waals surface area contributed by atoms with E-state index in [0.717, 1.165) is 11.1 Å². The van der Waals surface area contributed by atoms with Crippen molar-refractivity contribution >= 4 is 11.6 Å². The number of fused-ring (bicyclic) bond motifs is 1. The molecule has 1 saturated heterocycles. The highest BCUT2D eigenvalue weighted by Crippen LogP contribution is 2.35. The van der Waals surface area contributed by atoms with Crippen molar-refractivity contribution in [2.75, 3.05) is 32.1 Å². The Hall–Kier alpha value is -2.32. The molecule has 3 N–H and O–H groups in total. The maximum absolute atomic E-state index is 14.9. The van der Waals surface area contributed by atoms with Gasteiger partial charge in [-0.3, -0.25) is 4.79 Å². The average Bonchev–Trinajstić information content (AvgIpc) is 2.76. The molecule has 1 atom stereocenters. The fourth-order valence-electron chi connectivity index (χ4n) is 4.52. The number of ether oxygens (including phenoxy) is 1. The van der Waals surface area contributed by atoms with E-state index in [1.165, 1.54) is 0 Å². The normalized spacial score (nSPS) is 19.5. The summed E-state index contributed by atoms with van der Waals surface area (Å²) in [5, 5.41) is 24.5. The fourth-order valence-corrected chi connectivity index (χ4v) is 4.52. The smallest absolute Gasteiger partial charge is 0.224 e. The van der Waals surface area contributed by atoms with Gasteiger partial charge in [-0.2, -0.15) is 0 Å². The van der Waals surface area contributed by atoms with Gasteiger partial charge < -0.3 is 25.2 Å². The number of aliphatic hydroxyl groups is 2. The summed E-state index contributed by atoms with van der Waals surface area (Å²) >= 11 is 0. The van der Waals surface area contributed by atoms with Crippen LogP contribution in [0.1, 0.15) is 47.6 Å². The Morgan fingerprint density at radius 3 is 2.55 bits per heavy atom. The maximum Gasteiger partial charge on any atom is 0.224 e. The van der Waals surface area contributed by atoms with E-state index in [4.69, 9.17) is 4.74 Å². The predicted molar refractivity (Wildman–Crippen MR) is 115 cm³/mol. The van der Waals surface area contributed by atoms with E-state index in [0.29, 0.717) is 56.8 Å². The first-order valence-corrected chi connectivity index (χ1v) is 10.7. The van der Waals surface area contributed by atoms with Crippen LogP contribution >= 0.6 is 0 Å². The van der Waals surface area contributed by atoms with Crippen LogP contribution < -0.4 is 5.32 Å². The molecule has 0 aromatic heterocycles. The second kappa shape index (κ2) is 9.04.